The molecule has 0 radical (unpaired) electrons. The molecule has 0 spiro atoms. The van der Waals surface area contributed by atoms with Crippen molar-refractivity contribution in [2.45, 2.75) is 25.9 Å². The van der Waals surface area contributed by atoms with Gasteiger partial charge in [0, 0.05) is 6.54 Å². The molecule has 0 aliphatic heterocycles. The van der Waals surface area contributed by atoms with Gasteiger partial charge in [-0.25, -0.2) is 0 Å². The molecule has 0 aromatic heterocycles. The predicted molar refractivity (Wildman–Crippen MR) is 42.8 cm³/mol. The van der Waals surface area contributed by atoms with E-state index in [-0.39, 0.29) is 6.10 Å². The van der Waals surface area contributed by atoms with Crippen LogP contribution in [-0.2, 0) is 0 Å². The van der Waals surface area contributed by atoms with Gasteiger partial charge in [-0.2, -0.15) is 0 Å². The molecule has 0 amide bonds. The van der Waals surface area contributed by atoms with Gasteiger partial charge in [0.15, 0.2) is 0 Å². The lowest BCUT2D eigenvalue weighted by molar-refractivity contribution is 0.164. The van der Waals surface area contributed by atoms with Crippen molar-refractivity contribution in [3.05, 3.63) is 0 Å². The zero-order valence-corrected chi connectivity index (χ0v) is 6.64. The van der Waals surface area contributed by atoms with Crippen molar-refractivity contribution in [1.29, 1.82) is 0 Å². The number of aliphatic hydroxyl groups excluding tert-OH is 1. The summed E-state index contributed by atoms with van der Waals surface area (Å²) in [5.74, 6) is 0. The van der Waals surface area contributed by atoms with Crippen molar-refractivity contribution < 1.29 is 5.11 Å². The standard InChI is InChI=1S/C7H18N2O/c1-2-5-9-6-7(10)3-4-8/h7,9-10H,2-6,8H2,1H3. The Kier molecular flexibility index (Phi) is 6.91. The van der Waals surface area contributed by atoms with Gasteiger partial charge in [0.2, 0.25) is 0 Å². The number of hydrogen-bond donors (Lipinski definition) is 3. The van der Waals surface area contributed by atoms with E-state index in [1.54, 1.807) is 0 Å². The average molecular weight is 146 g/mol. The summed E-state index contributed by atoms with van der Waals surface area (Å²) in [6, 6.07) is 0. The fourth-order valence-electron chi connectivity index (χ4n) is 0.740. The summed E-state index contributed by atoms with van der Waals surface area (Å²) < 4.78 is 0. The number of hydrogen-bond acceptors (Lipinski definition) is 3. The van der Waals surface area contributed by atoms with Crippen molar-refractivity contribution in [3.8, 4) is 0 Å². The normalized spacial score (nSPS) is 13.5. The Bertz CT molecular complexity index is 68.6. The number of nitrogens with one attached hydrogen (secondary N) is 1. The van der Waals surface area contributed by atoms with Crippen LogP contribution in [0.15, 0.2) is 0 Å². The Morgan fingerprint density at radius 2 is 2.30 bits per heavy atom. The van der Waals surface area contributed by atoms with E-state index in [0.717, 1.165) is 13.0 Å². The van der Waals surface area contributed by atoms with Crippen molar-refractivity contribution in [1.82, 2.24) is 5.32 Å². The molecule has 3 nitrogen and oxygen atoms in total. The van der Waals surface area contributed by atoms with Crippen LogP contribution in [0.2, 0.25) is 0 Å². The van der Waals surface area contributed by atoms with Crippen LogP contribution in [0.5, 0.6) is 0 Å². The first-order valence-electron chi connectivity index (χ1n) is 3.90. The highest BCUT2D eigenvalue weighted by molar-refractivity contribution is 4.58. The molecule has 4 N–H and O–H groups in total. The molecule has 1 unspecified atom stereocenters. The van der Waals surface area contributed by atoms with Gasteiger partial charge in [-0.3, -0.25) is 0 Å². The van der Waals surface area contributed by atoms with Crippen molar-refractivity contribution in [2.24, 2.45) is 5.73 Å². The summed E-state index contributed by atoms with van der Waals surface area (Å²) in [6.07, 6.45) is 1.53. The Morgan fingerprint density at radius 1 is 1.60 bits per heavy atom. The highest BCUT2D eigenvalue weighted by Crippen LogP contribution is 1.85. The number of aliphatic hydroxyl groups is 1. The lowest BCUT2D eigenvalue weighted by atomic mass is 10.2. The van der Waals surface area contributed by atoms with Gasteiger partial charge in [-0.05, 0) is 25.9 Å². The molecule has 0 heterocycles. The Morgan fingerprint density at radius 3 is 2.80 bits per heavy atom. The molecule has 0 saturated heterocycles. The molecule has 0 aliphatic carbocycles. The summed E-state index contributed by atoms with van der Waals surface area (Å²) in [7, 11) is 0. The fourth-order valence-corrected chi connectivity index (χ4v) is 0.740. The zero-order chi connectivity index (χ0) is 7.82. The number of nitrogens with two attached hydrogens (primary N) is 1. The van der Waals surface area contributed by atoms with E-state index < -0.39 is 0 Å². The third-order valence-corrected chi connectivity index (χ3v) is 1.31. The predicted octanol–water partition coefficient (Wildman–Crippen LogP) is -0.304. The molecule has 0 rings (SSSR count). The third-order valence-electron chi connectivity index (χ3n) is 1.31. The smallest absolute Gasteiger partial charge is 0.0676 e. The molecule has 62 valence electrons. The summed E-state index contributed by atoms with van der Waals surface area (Å²) in [6.45, 7) is 4.31. The van der Waals surface area contributed by atoms with E-state index in [1.165, 1.54) is 0 Å². The third kappa shape index (κ3) is 6.01. The second kappa shape index (κ2) is 6.99. The van der Waals surface area contributed by atoms with Crippen LogP contribution < -0.4 is 11.1 Å². The first-order chi connectivity index (χ1) is 4.81. The highest BCUT2D eigenvalue weighted by atomic mass is 16.3. The molecule has 10 heavy (non-hydrogen) atoms. The molecule has 1 atom stereocenters. The first kappa shape index (κ1) is 9.88. The topological polar surface area (TPSA) is 58.3 Å². The quantitative estimate of drug-likeness (QED) is 0.451. The molecule has 0 aliphatic rings. The minimum atomic E-state index is -0.267. The van der Waals surface area contributed by atoms with Gasteiger partial charge < -0.3 is 16.2 Å². The fraction of sp³-hybridized carbons (Fsp3) is 1.00. The maximum atomic E-state index is 9.13. The second-order valence-corrected chi connectivity index (χ2v) is 2.44. The van der Waals surface area contributed by atoms with E-state index in [0.29, 0.717) is 19.5 Å². The van der Waals surface area contributed by atoms with Gasteiger partial charge in [-0.1, -0.05) is 6.92 Å². The molecular weight excluding hydrogens is 128 g/mol. The number of rotatable bonds is 6. The maximum Gasteiger partial charge on any atom is 0.0676 e. The average Bonchev–Trinajstić information content (AvgIpc) is 1.89. The Balaban J connectivity index is 2.97. The lowest BCUT2D eigenvalue weighted by Gasteiger charge is -2.08. The van der Waals surface area contributed by atoms with Crippen LogP contribution in [0.3, 0.4) is 0 Å². The minimum absolute atomic E-state index is 0.267. The Hall–Kier alpha value is -0.120. The molecule has 0 aromatic carbocycles. The van der Waals surface area contributed by atoms with Crippen LogP contribution >= 0.6 is 0 Å². The summed E-state index contributed by atoms with van der Waals surface area (Å²) in [5.41, 5.74) is 5.25. The second-order valence-electron chi connectivity index (χ2n) is 2.44. The molecule has 0 fully saturated rings. The molecule has 0 bridgehead atoms. The first-order valence-corrected chi connectivity index (χ1v) is 3.90. The van der Waals surface area contributed by atoms with E-state index >= 15 is 0 Å². The van der Waals surface area contributed by atoms with Crippen LogP contribution in [-0.4, -0.2) is 30.8 Å². The van der Waals surface area contributed by atoms with Gasteiger partial charge in [-0.15, -0.1) is 0 Å². The van der Waals surface area contributed by atoms with Crippen LogP contribution in [0.4, 0.5) is 0 Å². The zero-order valence-electron chi connectivity index (χ0n) is 6.64. The van der Waals surface area contributed by atoms with E-state index in [4.69, 9.17) is 10.8 Å². The van der Waals surface area contributed by atoms with E-state index in [1.807, 2.05) is 0 Å². The van der Waals surface area contributed by atoms with Crippen molar-refractivity contribution in [3.63, 3.8) is 0 Å². The molecule has 3 heteroatoms. The van der Waals surface area contributed by atoms with Crippen molar-refractivity contribution in [2.75, 3.05) is 19.6 Å². The monoisotopic (exact) mass is 146 g/mol. The molecule has 0 aromatic rings. The van der Waals surface area contributed by atoms with Crippen molar-refractivity contribution >= 4 is 0 Å². The van der Waals surface area contributed by atoms with E-state index in [2.05, 4.69) is 12.2 Å². The summed E-state index contributed by atoms with van der Waals surface area (Å²) >= 11 is 0. The lowest BCUT2D eigenvalue weighted by Crippen LogP contribution is -2.28. The van der Waals surface area contributed by atoms with E-state index in [9.17, 15) is 0 Å². The Labute approximate surface area is 62.6 Å². The van der Waals surface area contributed by atoms with Gasteiger partial charge in [0.1, 0.15) is 0 Å². The van der Waals surface area contributed by atoms with Gasteiger partial charge in [0.05, 0.1) is 6.10 Å². The van der Waals surface area contributed by atoms with Gasteiger partial charge >= 0.3 is 0 Å². The maximum absolute atomic E-state index is 9.13. The van der Waals surface area contributed by atoms with Crippen LogP contribution in [0.1, 0.15) is 19.8 Å². The van der Waals surface area contributed by atoms with Gasteiger partial charge in [0.25, 0.3) is 0 Å². The van der Waals surface area contributed by atoms with Crippen LogP contribution in [0, 0.1) is 0 Å². The summed E-state index contributed by atoms with van der Waals surface area (Å²) in [4.78, 5) is 0. The summed E-state index contributed by atoms with van der Waals surface area (Å²) in [5, 5.41) is 12.2. The molecule has 0 saturated carbocycles. The molecular formula is C7H18N2O. The SMILES string of the molecule is CCCNCC(O)CCN. The highest BCUT2D eigenvalue weighted by Gasteiger charge is 1.99. The van der Waals surface area contributed by atoms with Crippen LogP contribution in [0.25, 0.3) is 0 Å². The largest absolute Gasteiger partial charge is 0.392 e. The minimum Gasteiger partial charge on any atom is -0.392 e.